The third-order valence-electron chi connectivity index (χ3n) is 5.26. The highest BCUT2D eigenvalue weighted by Crippen LogP contribution is 2.43. The molecule has 0 fully saturated rings. The number of halogens is 4. The molecule has 186 valence electrons. The van der Waals surface area contributed by atoms with Crippen LogP contribution < -0.4 is 15.0 Å². The molecule has 4 aromatic rings. The van der Waals surface area contributed by atoms with Crippen LogP contribution in [0, 0.1) is 0 Å². The number of benzene rings is 3. The third kappa shape index (κ3) is 5.93. The van der Waals surface area contributed by atoms with Crippen molar-refractivity contribution in [2.75, 3.05) is 6.61 Å². The van der Waals surface area contributed by atoms with Gasteiger partial charge in [0.1, 0.15) is 12.4 Å². The average molecular weight is 743 g/mol. The molecule has 10 heteroatoms. The van der Waals surface area contributed by atoms with Crippen molar-refractivity contribution in [3.05, 3.63) is 93.7 Å². The van der Waals surface area contributed by atoms with E-state index in [1.165, 1.54) is 4.68 Å². The first-order valence-electron chi connectivity index (χ1n) is 11.1. The maximum Gasteiger partial charge on any atom is 0.282 e. The van der Waals surface area contributed by atoms with Gasteiger partial charge in [-0.25, -0.2) is 4.98 Å². The average Bonchev–Trinajstić information content (AvgIpc) is 2.87. The first-order valence-corrected chi connectivity index (χ1v) is 14.3. The monoisotopic (exact) mass is 739 g/mol. The van der Waals surface area contributed by atoms with Gasteiger partial charge in [0.25, 0.3) is 5.56 Å². The zero-order chi connectivity index (χ0) is 25.8. The van der Waals surface area contributed by atoms with Gasteiger partial charge in [-0.1, -0.05) is 50.9 Å². The highest BCUT2D eigenvalue weighted by molar-refractivity contribution is 9.13. The summed E-state index contributed by atoms with van der Waals surface area (Å²) in [6.07, 6.45) is 2.17. The van der Waals surface area contributed by atoms with Crippen LogP contribution in [0.15, 0.2) is 76.3 Å². The molecule has 0 aliphatic carbocycles. The van der Waals surface area contributed by atoms with Crippen molar-refractivity contribution in [2.45, 2.75) is 26.9 Å². The number of hydrogen-bond donors (Lipinski definition) is 0. The van der Waals surface area contributed by atoms with Crippen LogP contribution in [0.5, 0.6) is 11.5 Å². The van der Waals surface area contributed by atoms with E-state index in [9.17, 15) is 4.79 Å². The van der Waals surface area contributed by atoms with Gasteiger partial charge in [-0.05, 0) is 80.7 Å². The number of aryl methyl sites for hydroxylation is 1. The molecule has 6 nitrogen and oxygen atoms in total. The Morgan fingerprint density at radius 1 is 0.944 bits per heavy atom. The van der Waals surface area contributed by atoms with Gasteiger partial charge in [0, 0.05) is 25.4 Å². The van der Waals surface area contributed by atoms with Crippen LogP contribution in [0.4, 0.5) is 0 Å². The SMILES string of the molecule is CCOc1cc(C=Nn2c(CC)nc3ccc(Br)cc3c2=O)c(Br)c(Br)c1OCc1ccc(Br)cc1. The van der Waals surface area contributed by atoms with E-state index in [1.54, 1.807) is 12.3 Å². The van der Waals surface area contributed by atoms with Crippen LogP contribution in [0.25, 0.3) is 10.9 Å². The highest BCUT2D eigenvalue weighted by atomic mass is 79.9. The van der Waals surface area contributed by atoms with Crippen LogP contribution in [-0.2, 0) is 13.0 Å². The molecule has 0 spiro atoms. The standard InChI is InChI=1S/C26H21Br4N3O3/c1-3-22-32-20-10-9-18(28)12-19(20)26(34)33(22)31-13-16-11-21(35-4-2)25(24(30)23(16)29)36-14-15-5-7-17(27)8-6-15/h5-13H,3-4,14H2,1-2H3. The lowest BCUT2D eigenvalue weighted by molar-refractivity contribution is 0.267. The zero-order valence-electron chi connectivity index (χ0n) is 19.4. The second-order valence-corrected chi connectivity index (χ2v) is 11.1. The minimum atomic E-state index is -0.232. The van der Waals surface area contributed by atoms with Gasteiger partial charge in [0.2, 0.25) is 0 Å². The van der Waals surface area contributed by atoms with Crippen LogP contribution in [0.1, 0.15) is 30.8 Å². The lowest BCUT2D eigenvalue weighted by Crippen LogP contribution is -2.22. The lowest BCUT2D eigenvalue weighted by Gasteiger charge is -2.16. The molecule has 0 bridgehead atoms. The van der Waals surface area contributed by atoms with Gasteiger partial charge < -0.3 is 9.47 Å². The fourth-order valence-electron chi connectivity index (χ4n) is 3.49. The summed E-state index contributed by atoms with van der Waals surface area (Å²) in [4.78, 5) is 17.8. The van der Waals surface area contributed by atoms with E-state index in [2.05, 4.69) is 73.8 Å². The summed E-state index contributed by atoms with van der Waals surface area (Å²) >= 11 is 14.2. The summed E-state index contributed by atoms with van der Waals surface area (Å²) in [5.41, 5.74) is 2.14. The number of fused-ring (bicyclic) bond motifs is 1. The normalized spacial score (nSPS) is 11.4. The fourth-order valence-corrected chi connectivity index (χ4v) is 5.06. The molecule has 1 heterocycles. The predicted octanol–water partition coefficient (Wildman–Crippen LogP) is 7.87. The van der Waals surface area contributed by atoms with E-state index in [1.807, 2.05) is 56.3 Å². The van der Waals surface area contributed by atoms with Crippen molar-refractivity contribution in [1.29, 1.82) is 0 Å². The van der Waals surface area contributed by atoms with Gasteiger partial charge in [0.05, 0.1) is 28.2 Å². The van der Waals surface area contributed by atoms with E-state index in [0.717, 1.165) is 19.0 Å². The zero-order valence-corrected chi connectivity index (χ0v) is 25.7. The minimum absolute atomic E-state index is 0.232. The largest absolute Gasteiger partial charge is 0.490 e. The second kappa shape index (κ2) is 12.0. The van der Waals surface area contributed by atoms with Crippen molar-refractivity contribution in [3.63, 3.8) is 0 Å². The number of hydrogen-bond acceptors (Lipinski definition) is 5. The molecule has 3 aromatic carbocycles. The molecule has 0 aliphatic heterocycles. The number of aromatic nitrogens is 2. The fraction of sp³-hybridized carbons (Fsp3) is 0.192. The molecule has 36 heavy (non-hydrogen) atoms. The Kier molecular flexibility index (Phi) is 9.03. The Bertz CT molecular complexity index is 1500. The maximum atomic E-state index is 13.2. The van der Waals surface area contributed by atoms with Gasteiger partial charge in [0.15, 0.2) is 11.5 Å². The van der Waals surface area contributed by atoms with Crippen LogP contribution in [-0.4, -0.2) is 22.5 Å². The Morgan fingerprint density at radius 3 is 2.36 bits per heavy atom. The quantitative estimate of drug-likeness (QED) is 0.173. The minimum Gasteiger partial charge on any atom is -0.490 e. The topological polar surface area (TPSA) is 65.7 Å². The van der Waals surface area contributed by atoms with E-state index >= 15 is 0 Å². The molecular weight excluding hydrogens is 722 g/mol. The maximum absolute atomic E-state index is 13.2. The van der Waals surface area contributed by atoms with E-state index in [4.69, 9.17) is 9.47 Å². The number of nitrogens with zero attached hydrogens (tertiary/aromatic N) is 3. The van der Waals surface area contributed by atoms with Crippen molar-refractivity contribution < 1.29 is 9.47 Å². The van der Waals surface area contributed by atoms with Gasteiger partial charge in [-0.2, -0.15) is 9.78 Å². The Balaban J connectivity index is 1.72. The summed E-state index contributed by atoms with van der Waals surface area (Å²) in [5.74, 6) is 1.71. The Labute approximate surface area is 242 Å². The van der Waals surface area contributed by atoms with Crippen molar-refractivity contribution in [1.82, 2.24) is 9.66 Å². The van der Waals surface area contributed by atoms with Crippen LogP contribution >= 0.6 is 63.7 Å². The van der Waals surface area contributed by atoms with E-state index in [0.29, 0.717) is 57.9 Å². The first kappa shape index (κ1) is 27.0. The van der Waals surface area contributed by atoms with E-state index in [-0.39, 0.29) is 5.56 Å². The second-order valence-electron chi connectivity index (χ2n) is 7.67. The Hall–Kier alpha value is -2.01. The Morgan fingerprint density at radius 2 is 1.67 bits per heavy atom. The van der Waals surface area contributed by atoms with Crippen molar-refractivity contribution in [2.24, 2.45) is 5.10 Å². The third-order valence-corrected chi connectivity index (χ3v) is 8.42. The molecule has 0 atom stereocenters. The van der Waals surface area contributed by atoms with Crippen molar-refractivity contribution >= 4 is 80.8 Å². The summed E-state index contributed by atoms with van der Waals surface area (Å²) in [7, 11) is 0. The first-order chi connectivity index (χ1) is 17.3. The van der Waals surface area contributed by atoms with Crippen molar-refractivity contribution in [3.8, 4) is 11.5 Å². The molecule has 0 saturated carbocycles. The molecule has 0 saturated heterocycles. The molecule has 0 N–H and O–H groups in total. The van der Waals surface area contributed by atoms with Crippen LogP contribution in [0.3, 0.4) is 0 Å². The molecule has 0 radical (unpaired) electrons. The molecule has 0 unspecified atom stereocenters. The number of ether oxygens (including phenoxy) is 2. The highest BCUT2D eigenvalue weighted by Gasteiger charge is 2.18. The molecule has 0 aliphatic rings. The molecule has 1 aromatic heterocycles. The van der Waals surface area contributed by atoms with Gasteiger partial charge in [-0.3, -0.25) is 4.79 Å². The molecular formula is C26H21Br4N3O3. The summed E-state index contributed by atoms with van der Waals surface area (Å²) in [6.45, 7) is 4.69. The number of rotatable bonds is 8. The summed E-state index contributed by atoms with van der Waals surface area (Å²) in [6, 6.07) is 15.2. The smallest absolute Gasteiger partial charge is 0.282 e. The summed E-state index contributed by atoms with van der Waals surface area (Å²) in [5, 5.41) is 5.00. The van der Waals surface area contributed by atoms with E-state index < -0.39 is 0 Å². The predicted molar refractivity (Wildman–Crippen MR) is 158 cm³/mol. The van der Waals surface area contributed by atoms with Crippen LogP contribution in [0.2, 0.25) is 0 Å². The molecule has 0 amide bonds. The van der Waals surface area contributed by atoms with Gasteiger partial charge in [-0.15, -0.1) is 0 Å². The molecule has 4 rings (SSSR count). The lowest BCUT2D eigenvalue weighted by atomic mass is 10.2. The van der Waals surface area contributed by atoms with Gasteiger partial charge >= 0.3 is 0 Å². The summed E-state index contributed by atoms with van der Waals surface area (Å²) < 4.78 is 16.6.